The normalized spacial score (nSPS) is 13.3. The van der Waals surface area contributed by atoms with Crippen LogP contribution in [0.2, 0.25) is 0 Å². The predicted molar refractivity (Wildman–Crippen MR) is 82.8 cm³/mol. The minimum absolute atomic E-state index is 0.0498. The minimum Gasteiger partial charge on any atom is -0.322 e. The lowest BCUT2D eigenvalue weighted by atomic mass is 9.90. The Bertz CT molecular complexity index is 671. The Balaban J connectivity index is 1.91. The Hall–Kier alpha value is -2.35. The SMILES string of the molecule is CC1=CCCc2c(NC(=O)c3ccccc3)cccc21. The van der Waals surface area contributed by atoms with E-state index < -0.39 is 0 Å². The van der Waals surface area contributed by atoms with E-state index in [-0.39, 0.29) is 5.91 Å². The van der Waals surface area contributed by atoms with E-state index in [1.54, 1.807) is 0 Å². The van der Waals surface area contributed by atoms with E-state index in [2.05, 4.69) is 24.4 Å². The third kappa shape index (κ3) is 2.37. The van der Waals surface area contributed by atoms with Crippen molar-refractivity contribution < 1.29 is 4.79 Å². The first-order valence-electron chi connectivity index (χ1n) is 6.91. The first kappa shape index (κ1) is 12.7. The van der Waals surface area contributed by atoms with Crippen molar-refractivity contribution in [1.29, 1.82) is 0 Å². The molecule has 0 radical (unpaired) electrons. The minimum atomic E-state index is -0.0498. The average molecular weight is 263 g/mol. The van der Waals surface area contributed by atoms with Gasteiger partial charge >= 0.3 is 0 Å². The molecule has 0 heterocycles. The smallest absolute Gasteiger partial charge is 0.255 e. The molecule has 0 unspecified atom stereocenters. The molecule has 0 saturated carbocycles. The molecule has 0 aliphatic heterocycles. The molecule has 2 aromatic carbocycles. The standard InChI is InChI=1S/C18H17NO/c1-13-7-5-11-16-15(13)10-6-12-17(16)19-18(20)14-8-3-2-4-9-14/h2-4,6-10,12H,5,11H2,1H3,(H,19,20). The predicted octanol–water partition coefficient (Wildman–Crippen LogP) is 4.29. The van der Waals surface area contributed by atoms with E-state index in [4.69, 9.17) is 0 Å². The lowest BCUT2D eigenvalue weighted by Crippen LogP contribution is -2.14. The molecule has 1 aliphatic rings. The van der Waals surface area contributed by atoms with Crippen molar-refractivity contribution in [1.82, 2.24) is 0 Å². The highest BCUT2D eigenvalue weighted by Crippen LogP contribution is 2.31. The number of hydrogen-bond donors (Lipinski definition) is 1. The third-order valence-corrected chi connectivity index (χ3v) is 3.73. The monoisotopic (exact) mass is 263 g/mol. The molecule has 0 aromatic heterocycles. The fraction of sp³-hybridized carbons (Fsp3) is 0.167. The number of hydrogen-bond acceptors (Lipinski definition) is 1. The summed E-state index contributed by atoms with van der Waals surface area (Å²) in [7, 11) is 0. The quantitative estimate of drug-likeness (QED) is 0.860. The Morgan fingerprint density at radius 2 is 1.85 bits per heavy atom. The van der Waals surface area contributed by atoms with Gasteiger partial charge in [-0.1, -0.05) is 36.4 Å². The summed E-state index contributed by atoms with van der Waals surface area (Å²) in [6, 6.07) is 15.4. The van der Waals surface area contributed by atoms with Crippen molar-refractivity contribution in [3.63, 3.8) is 0 Å². The van der Waals surface area contributed by atoms with E-state index in [1.165, 1.54) is 16.7 Å². The fourth-order valence-electron chi connectivity index (χ4n) is 2.67. The number of fused-ring (bicyclic) bond motifs is 1. The summed E-state index contributed by atoms with van der Waals surface area (Å²) in [5.41, 5.74) is 5.41. The first-order chi connectivity index (χ1) is 9.75. The number of amides is 1. The van der Waals surface area contributed by atoms with Gasteiger partial charge in [0.2, 0.25) is 0 Å². The Morgan fingerprint density at radius 3 is 2.65 bits per heavy atom. The molecule has 0 atom stereocenters. The van der Waals surface area contributed by atoms with Crippen molar-refractivity contribution in [2.75, 3.05) is 5.32 Å². The lowest BCUT2D eigenvalue weighted by molar-refractivity contribution is 0.102. The van der Waals surface area contributed by atoms with Crippen molar-refractivity contribution in [2.45, 2.75) is 19.8 Å². The van der Waals surface area contributed by atoms with E-state index in [0.29, 0.717) is 5.56 Å². The summed E-state index contributed by atoms with van der Waals surface area (Å²) in [5, 5.41) is 3.04. The largest absolute Gasteiger partial charge is 0.322 e. The number of benzene rings is 2. The summed E-state index contributed by atoms with van der Waals surface area (Å²) in [5.74, 6) is -0.0498. The molecule has 0 fully saturated rings. The maximum atomic E-state index is 12.3. The lowest BCUT2D eigenvalue weighted by Gasteiger charge is -2.19. The van der Waals surface area contributed by atoms with Crippen LogP contribution in [0.4, 0.5) is 5.69 Å². The molecule has 20 heavy (non-hydrogen) atoms. The number of nitrogens with one attached hydrogen (secondary N) is 1. The van der Waals surface area contributed by atoms with E-state index in [1.807, 2.05) is 42.5 Å². The van der Waals surface area contributed by atoms with Crippen molar-refractivity contribution in [3.05, 3.63) is 71.3 Å². The molecule has 1 N–H and O–H groups in total. The van der Waals surface area contributed by atoms with Gasteiger partial charge in [-0.05, 0) is 54.7 Å². The highest BCUT2D eigenvalue weighted by Gasteiger charge is 2.15. The second kappa shape index (κ2) is 5.33. The molecule has 1 aliphatic carbocycles. The molecule has 0 bridgehead atoms. The van der Waals surface area contributed by atoms with Gasteiger partial charge in [-0.2, -0.15) is 0 Å². The van der Waals surface area contributed by atoms with Crippen LogP contribution in [0.5, 0.6) is 0 Å². The second-order valence-corrected chi connectivity index (χ2v) is 5.08. The highest BCUT2D eigenvalue weighted by atomic mass is 16.1. The zero-order chi connectivity index (χ0) is 13.9. The number of carbonyl (C=O) groups is 1. The van der Waals surface area contributed by atoms with Crippen LogP contribution in [0.3, 0.4) is 0 Å². The van der Waals surface area contributed by atoms with Gasteiger partial charge in [0.25, 0.3) is 5.91 Å². The Labute approximate surface area is 119 Å². The van der Waals surface area contributed by atoms with Crippen LogP contribution in [0.15, 0.2) is 54.6 Å². The zero-order valence-corrected chi connectivity index (χ0v) is 11.5. The maximum Gasteiger partial charge on any atom is 0.255 e. The summed E-state index contributed by atoms with van der Waals surface area (Å²) in [6.45, 7) is 2.13. The van der Waals surface area contributed by atoms with Crippen LogP contribution in [0, 0.1) is 0 Å². The van der Waals surface area contributed by atoms with Gasteiger partial charge in [0.15, 0.2) is 0 Å². The maximum absolute atomic E-state index is 12.3. The molecular formula is C18H17NO. The molecule has 3 rings (SSSR count). The number of rotatable bonds is 2. The van der Waals surface area contributed by atoms with E-state index >= 15 is 0 Å². The van der Waals surface area contributed by atoms with Crippen LogP contribution in [0.1, 0.15) is 34.8 Å². The molecular weight excluding hydrogens is 246 g/mol. The van der Waals surface area contributed by atoms with Crippen LogP contribution in [0.25, 0.3) is 5.57 Å². The van der Waals surface area contributed by atoms with Gasteiger partial charge in [0.05, 0.1) is 0 Å². The van der Waals surface area contributed by atoms with E-state index in [0.717, 1.165) is 18.5 Å². The molecule has 0 saturated heterocycles. The third-order valence-electron chi connectivity index (χ3n) is 3.73. The Morgan fingerprint density at radius 1 is 1.05 bits per heavy atom. The van der Waals surface area contributed by atoms with Crippen LogP contribution < -0.4 is 5.32 Å². The molecule has 100 valence electrons. The van der Waals surface area contributed by atoms with Gasteiger partial charge < -0.3 is 5.32 Å². The Kier molecular flexibility index (Phi) is 3.38. The molecule has 2 nitrogen and oxygen atoms in total. The van der Waals surface area contributed by atoms with Gasteiger partial charge in [-0.25, -0.2) is 0 Å². The molecule has 0 spiro atoms. The topological polar surface area (TPSA) is 29.1 Å². The first-order valence-corrected chi connectivity index (χ1v) is 6.91. The molecule has 1 amide bonds. The fourth-order valence-corrected chi connectivity index (χ4v) is 2.67. The zero-order valence-electron chi connectivity index (χ0n) is 11.5. The van der Waals surface area contributed by atoms with Crippen LogP contribution in [-0.2, 0) is 6.42 Å². The molecule has 2 heteroatoms. The van der Waals surface area contributed by atoms with Gasteiger partial charge in [-0.3, -0.25) is 4.79 Å². The van der Waals surface area contributed by atoms with Crippen molar-refractivity contribution in [2.24, 2.45) is 0 Å². The number of anilines is 1. The molecule has 2 aromatic rings. The summed E-state index contributed by atoms with van der Waals surface area (Å²) in [6.07, 6.45) is 4.28. The van der Waals surface area contributed by atoms with Crippen molar-refractivity contribution >= 4 is 17.2 Å². The van der Waals surface area contributed by atoms with Crippen LogP contribution in [-0.4, -0.2) is 5.91 Å². The van der Waals surface area contributed by atoms with Gasteiger partial charge in [-0.15, -0.1) is 0 Å². The van der Waals surface area contributed by atoms with Crippen molar-refractivity contribution in [3.8, 4) is 0 Å². The van der Waals surface area contributed by atoms with Gasteiger partial charge in [0, 0.05) is 11.3 Å². The van der Waals surface area contributed by atoms with Gasteiger partial charge in [0.1, 0.15) is 0 Å². The highest BCUT2D eigenvalue weighted by molar-refractivity contribution is 6.05. The summed E-state index contributed by atoms with van der Waals surface area (Å²) < 4.78 is 0. The number of allylic oxidation sites excluding steroid dienone is 2. The van der Waals surface area contributed by atoms with E-state index in [9.17, 15) is 4.79 Å². The average Bonchev–Trinajstić information content (AvgIpc) is 2.49. The summed E-state index contributed by atoms with van der Waals surface area (Å²) >= 11 is 0. The van der Waals surface area contributed by atoms with Crippen LogP contribution >= 0.6 is 0 Å². The second-order valence-electron chi connectivity index (χ2n) is 5.08. The summed E-state index contributed by atoms with van der Waals surface area (Å²) in [4.78, 5) is 12.3. The number of carbonyl (C=O) groups excluding carboxylic acids is 1.